The minimum Gasteiger partial charge on any atom is -0.390 e. The SMILES string of the molecule is Cc1cc(Cl)cc(N2CCOCC2)n1.O=C=O.OCc1cc(Cl)cc(N2CCOCC2)n1. The van der Waals surface area contributed by atoms with Gasteiger partial charge in [0.25, 0.3) is 0 Å². The van der Waals surface area contributed by atoms with Gasteiger partial charge in [-0.2, -0.15) is 9.59 Å². The third kappa shape index (κ3) is 8.70. The normalized spacial score (nSPS) is 15.6. The first-order valence-electron chi connectivity index (χ1n) is 10.0. The first kappa shape index (κ1) is 26.0. The van der Waals surface area contributed by atoms with Gasteiger partial charge in [0.15, 0.2) is 0 Å². The highest BCUT2D eigenvalue weighted by atomic mass is 35.5. The van der Waals surface area contributed by atoms with E-state index >= 15 is 0 Å². The summed E-state index contributed by atoms with van der Waals surface area (Å²) in [5, 5.41) is 10.4. The summed E-state index contributed by atoms with van der Waals surface area (Å²) in [4.78, 5) is 29.3. The summed E-state index contributed by atoms with van der Waals surface area (Å²) in [7, 11) is 0. The molecule has 0 bridgehead atoms. The summed E-state index contributed by atoms with van der Waals surface area (Å²) in [5.41, 5.74) is 1.56. The number of rotatable bonds is 3. The van der Waals surface area contributed by atoms with Crippen molar-refractivity contribution in [2.24, 2.45) is 0 Å². The van der Waals surface area contributed by atoms with Crippen LogP contribution in [-0.4, -0.2) is 73.8 Å². The average molecular weight is 485 g/mol. The maximum atomic E-state index is 9.02. The van der Waals surface area contributed by atoms with Gasteiger partial charge in [0.05, 0.1) is 38.7 Å². The fourth-order valence-electron chi connectivity index (χ4n) is 3.14. The molecule has 0 unspecified atom stereocenters. The summed E-state index contributed by atoms with van der Waals surface area (Å²) in [5.74, 6) is 1.77. The number of carbonyl (C=O) groups excluding carboxylic acids is 2. The standard InChI is InChI=1S/C10H13ClN2O2.C10H13ClN2O.CO2/c11-8-5-9(7-14)12-10(6-8)13-1-3-15-4-2-13;1-8-6-9(11)7-10(12-8)13-2-4-14-5-3-13;2-1-3/h5-6,14H,1-4,7H2;6-7H,2-5H2,1H3;. The van der Waals surface area contributed by atoms with E-state index in [1.807, 2.05) is 25.1 Å². The van der Waals surface area contributed by atoms with Crippen molar-refractivity contribution < 1.29 is 24.2 Å². The van der Waals surface area contributed by atoms with Crippen LogP contribution in [0.2, 0.25) is 10.0 Å². The summed E-state index contributed by atoms with van der Waals surface area (Å²) in [6, 6.07) is 7.25. The van der Waals surface area contributed by atoms with E-state index in [-0.39, 0.29) is 12.8 Å². The molecule has 174 valence electrons. The number of aryl methyl sites for hydroxylation is 1. The van der Waals surface area contributed by atoms with Gasteiger partial charge in [0.2, 0.25) is 0 Å². The molecule has 0 spiro atoms. The third-order valence-electron chi connectivity index (χ3n) is 4.57. The molecular weight excluding hydrogens is 459 g/mol. The lowest BCUT2D eigenvalue weighted by molar-refractivity contribution is -0.191. The predicted octanol–water partition coefficient (Wildman–Crippen LogP) is 2.36. The molecule has 4 heterocycles. The van der Waals surface area contributed by atoms with E-state index < -0.39 is 0 Å². The summed E-state index contributed by atoms with van der Waals surface area (Å²) in [6.07, 6.45) is 0.250. The summed E-state index contributed by atoms with van der Waals surface area (Å²) < 4.78 is 10.5. The van der Waals surface area contributed by atoms with Crippen LogP contribution in [0.15, 0.2) is 24.3 Å². The molecule has 0 aromatic carbocycles. The number of ether oxygens (including phenoxy) is 2. The first-order chi connectivity index (χ1) is 15.5. The Labute approximate surface area is 196 Å². The second-order valence-electron chi connectivity index (χ2n) is 6.86. The molecule has 9 nitrogen and oxygen atoms in total. The van der Waals surface area contributed by atoms with Gasteiger partial charge in [-0.1, -0.05) is 23.2 Å². The number of hydrogen-bond acceptors (Lipinski definition) is 9. The van der Waals surface area contributed by atoms with Crippen molar-refractivity contribution in [1.82, 2.24) is 9.97 Å². The number of anilines is 2. The van der Waals surface area contributed by atoms with Crippen molar-refractivity contribution >= 4 is 41.0 Å². The fourth-order valence-corrected chi connectivity index (χ4v) is 3.61. The van der Waals surface area contributed by atoms with Crippen molar-refractivity contribution in [2.45, 2.75) is 13.5 Å². The number of nitrogens with zero attached hydrogens (tertiary/aromatic N) is 4. The van der Waals surface area contributed by atoms with E-state index in [1.165, 1.54) is 0 Å². The van der Waals surface area contributed by atoms with Crippen LogP contribution in [0.5, 0.6) is 0 Å². The van der Waals surface area contributed by atoms with Crippen molar-refractivity contribution in [3.05, 3.63) is 45.7 Å². The minimum absolute atomic E-state index is 0.0854. The zero-order valence-corrected chi connectivity index (χ0v) is 19.3. The van der Waals surface area contributed by atoms with Crippen LogP contribution in [0.1, 0.15) is 11.4 Å². The van der Waals surface area contributed by atoms with Crippen LogP contribution < -0.4 is 9.80 Å². The molecule has 1 N–H and O–H groups in total. The zero-order valence-electron chi connectivity index (χ0n) is 17.8. The number of morpholine rings is 2. The molecule has 2 aromatic rings. The van der Waals surface area contributed by atoms with Crippen molar-refractivity contribution in [1.29, 1.82) is 0 Å². The Bertz CT molecular complexity index is 864. The van der Waals surface area contributed by atoms with Crippen LogP contribution in [0.4, 0.5) is 11.6 Å². The van der Waals surface area contributed by atoms with E-state index in [0.717, 1.165) is 61.7 Å². The molecule has 2 saturated heterocycles. The van der Waals surface area contributed by atoms with Crippen molar-refractivity contribution in [3.63, 3.8) is 0 Å². The Morgan fingerprint density at radius 2 is 1.31 bits per heavy atom. The second kappa shape index (κ2) is 14.0. The van der Waals surface area contributed by atoms with Crippen molar-refractivity contribution in [2.75, 3.05) is 62.4 Å². The quantitative estimate of drug-likeness (QED) is 0.702. The van der Waals surface area contributed by atoms with E-state index in [0.29, 0.717) is 23.9 Å². The lowest BCUT2D eigenvalue weighted by Gasteiger charge is -2.28. The summed E-state index contributed by atoms with van der Waals surface area (Å²) in [6.45, 7) is 8.26. The van der Waals surface area contributed by atoms with Gasteiger partial charge in [-0.15, -0.1) is 0 Å². The lowest BCUT2D eigenvalue weighted by Crippen LogP contribution is -2.36. The molecule has 0 amide bonds. The van der Waals surface area contributed by atoms with Crippen LogP contribution in [0.3, 0.4) is 0 Å². The Kier molecular flexibility index (Phi) is 11.4. The van der Waals surface area contributed by atoms with E-state index in [2.05, 4.69) is 19.8 Å². The molecule has 2 aliphatic rings. The highest BCUT2D eigenvalue weighted by molar-refractivity contribution is 6.31. The molecule has 2 aromatic heterocycles. The van der Waals surface area contributed by atoms with E-state index in [1.54, 1.807) is 6.07 Å². The maximum Gasteiger partial charge on any atom is 0.373 e. The molecule has 11 heteroatoms. The molecule has 2 aliphatic heterocycles. The number of aliphatic hydroxyl groups excluding tert-OH is 1. The fraction of sp³-hybridized carbons (Fsp3) is 0.476. The van der Waals surface area contributed by atoms with Crippen molar-refractivity contribution in [3.8, 4) is 0 Å². The van der Waals surface area contributed by atoms with Crippen LogP contribution in [0, 0.1) is 6.92 Å². The van der Waals surface area contributed by atoms with Crippen LogP contribution in [-0.2, 0) is 25.7 Å². The zero-order chi connectivity index (χ0) is 23.3. The number of aromatic nitrogens is 2. The lowest BCUT2D eigenvalue weighted by atomic mass is 10.3. The van der Waals surface area contributed by atoms with Crippen LogP contribution >= 0.6 is 23.2 Å². The molecule has 0 saturated carbocycles. The van der Waals surface area contributed by atoms with Gasteiger partial charge in [0, 0.05) is 41.9 Å². The monoisotopic (exact) mass is 484 g/mol. The first-order valence-corrected chi connectivity index (χ1v) is 10.8. The summed E-state index contributed by atoms with van der Waals surface area (Å²) >= 11 is 11.9. The number of aliphatic hydroxyl groups is 1. The number of pyridine rings is 2. The Hall–Kier alpha value is -2.26. The number of hydrogen-bond donors (Lipinski definition) is 1. The predicted molar refractivity (Wildman–Crippen MR) is 120 cm³/mol. The molecule has 0 radical (unpaired) electrons. The molecule has 4 rings (SSSR count). The van der Waals surface area contributed by atoms with Gasteiger partial charge < -0.3 is 24.4 Å². The van der Waals surface area contributed by atoms with Gasteiger partial charge in [-0.3, -0.25) is 0 Å². The third-order valence-corrected chi connectivity index (χ3v) is 5.00. The molecule has 0 aliphatic carbocycles. The highest BCUT2D eigenvalue weighted by Gasteiger charge is 2.14. The molecule has 2 fully saturated rings. The second-order valence-corrected chi connectivity index (χ2v) is 7.73. The minimum atomic E-state index is -0.0854. The Morgan fingerprint density at radius 1 is 0.875 bits per heavy atom. The molecule has 32 heavy (non-hydrogen) atoms. The van der Waals surface area contributed by atoms with Gasteiger partial charge in [-0.25, -0.2) is 9.97 Å². The molecular formula is C21H26Cl2N4O5. The highest BCUT2D eigenvalue weighted by Crippen LogP contribution is 2.20. The maximum absolute atomic E-state index is 9.02. The van der Waals surface area contributed by atoms with Gasteiger partial charge in [-0.05, 0) is 31.2 Å². The Balaban J connectivity index is 0.000000203. The Morgan fingerprint density at radius 3 is 1.75 bits per heavy atom. The smallest absolute Gasteiger partial charge is 0.373 e. The topological polar surface area (TPSA) is 105 Å². The van der Waals surface area contributed by atoms with E-state index in [4.69, 9.17) is 47.4 Å². The van der Waals surface area contributed by atoms with Crippen LogP contribution in [0.25, 0.3) is 0 Å². The van der Waals surface area contributed by atoms with E-state index in [9.17, 15) is 0 Å². The van der Waals surface area contributed by atoms with Gasteiger partial charge >= 0.3 is 6.15 Å². The largest absolute Gasteiger partial charge is 0.390 e. The molecule has 0 atom stereocenters. The van der Waals surface area contributed by atoms with Gasteiger partial charge in [0.1, 0.15) is 11.6 Å². The number of halogens is 2. The average Bonchev–Trinajstić information content (AvgIpc) is 2.80.